The lowest BCUT2D eigenvalue weighted by Gasteiger charge is -2.32. The van der Waals surface area contributed by atoms with Gasteiger partial charge in [0, 0.05) is 0 Å². The van der Waals surface area contributed by atoms with Crippen LogP contribution >= 0.6 is 11.3 Å². The Morgan fingerprint density at radius 2 is 1.94 bits per heavy atom. The molecule has 0 unspecified atom stereocenters. The predicted octanol–water partition coefficient (Wildman–Crippen LogP) is 2.39. The van der Waals surface area contributed by atoms with Crippen molar-refractivity contribution in [3.05, 3.63) is 74.8 Å². The van der Waals surface area contributed by atoms with Crippen LogP contribution in [0.1, 0.15) is 31.1 Å². The maximum absolute atomic E-state index is 13.9. The van der Waals surface area contributed by atoms with Gasteiger partial charge in [-0.05, 0) is 31.9 Å². The van der Waals surface area contributed by atoms with Gasteiger partial charge in [0.1, 0.15) is 23.3 Å². The van der Waals surface area contributed by atoms with Crippen LogP contribution in [0.5, 0.6) is 0 Å². The molecule has 190 valence electrons. The highest BCUT2D eigenvalue weighted by Gasteiger charge is 2.35. The van der Waals surface area contributed by atoms with Crippen LogP contribution in [0.25, 0.3) is 21.0 Å². The third kappa shape index (κ3) is 4.12. The topological polar surface area (TPSA) is 129 Å². The van der Waals surface area contributed by atoms with E-state index in [4.69, 9.17) is 13.9 Å². The number of fused-ring (bicyclic) bond motifs is 1. The summed E-state index contributed by atoms with van der Waals surface area (Å²) < 4.78 is 19.4. The minimum Gasteiger partial charge on any atom is -0.444 e. The second-order valence-electron chi connectivity index (χ2n) is 9.33. The van der Waals surface area contributed by atoms with E-state index in [1.54, 1.807) is 6.92 Å². The Morgan fingerprint density at radius 3 is 2.53 bits per heavy atom. The number of hydrogen-bond donors (Lipinski definition) is 2. The van der Waals surface area contributed by atoms with Crippen LogP contribution in [0.4, 0.5) is 0 Å². The minimum absolute atomic E-state index is 0.0959. The zero-order chi connectivity index (χ0) is 25.6. The molecule has 0 bridgehead atoms. The second kappa shape index (κ2) is 9.41. The number of hydrogen-bond acceptors (Lipinski definition) is 9. The van der Waals surface area contributed by atoms with E-state index in [9.17, 15) is 19.8 Å². The van der Waals surface area contributed by atoms with Crippen molar-refractivity contribution in [2.75, 3.05) is 13.2 Å². The van der Waals surface area contributed by atoms with Crippen LogP contribution in [0.3, 0.4) is 0 Å². The van der Waals surface area contributed by atoms with Crippen LogP contribution in [0, 0.1) is 6.92 Å². The van der Waals surface area contributed by atoms with E-state index >= 15 is 0 Å². The Balaban J connectivity index is 1.76. The molecular formula is C25H27N3O7S. The maximum atomic E-state index is 13.9. The van der Waals surface area contributed by atoms with Gasteiger partial charge in [0.2, 0.25) is 5.89 Å². The third-order valence-corrected chi connectivity index (χ3v) is 7.83. The number of aliphatic hydroxyl groups is 2. The van der Waals surface area contributed by atoms with Crippen LogP contribution in [0.15, 0.2) is 56.8 Å². The van der Waals surface area contributed by atoms with Crippen LogP contribution in [-0.4, -0.2) is 49.9 Å². The average molecular weight is 514 g/mol. The minimum atomic E-state index is -1.95. The van der Waals surface area contributed by atoms with Crippen molar-refractivity contribution in [3.8, 4) is 10.8 Å². The van der Waals surface area contributed by atoms with Crippen molar-refractivity contribution in [2.45, 2.75) is 51.4 Å². The lowest BCUT2D eigenvalue weighted by molar-refractivity contribution is -0.159. The molecular weight excluding hydrogens is 486 g/mol. The molecule has 36 heavy (non-hydrogen) atoms. The van der Waals surface area contributed by atoms with Crippen molar-refractivity contribution in [2.24, 2.45) is 0 Å². The molecule has 1 aliphatic rings. The first-order chi connectivity index (χ1) is 17.2. The summed E-state index contributed by atoms with van der Waals surface area (Å²) in [6.07, 6.45) is 0.371. The van der Waals surface area contributed by atoms with Gasteiger partial charge in [-0.2, -0.15) is 0 Å². The molecule has 1 fully saturated rings. The standard InChI is InChI=1S/C25H27N3O7S/c1-14-18-21(29)28(25(2,3)23(30)31)24(32)27(22(18)36-19(14)20-26-9-10-34-20)11-17(35-16-12-33-13-16)15-7-5-4-6-8-15/h4-10,16-17,23,30-31H,11-13H2,1-3H3/t17-/m0/s1. The van der Waals surface area contributed by atoms with E-state index in [-0.39, 0.29) is 12.6 Å². The number of benzene rings is 1. The molecule has 4 aromatic rings. The van der Waals surface area contributed by atoms with Gasteiger partial charge in [-0.25, -0.2) is 14.3 Å². The smallest absolute Gasteiger partial charge is 0.332 e. The SMILES string of the molecule is Cc1c(-c2ncco2)sc2c1c(=O)n(C(C)(C)C(O)O)c(=O)n2C[C@H](OC1COC1)c1ccccc1. The van der Waals surface area contributed by atoms with Gasteiger partial charge in [-0.15, -0.1) is 11.3 Å². The summed E-state index contributed by atoms with van der Waals surface area (Å²) >= 11 is 1.23. The molecule has 1 aromatic carbocycles. The molecule has 0 aliphatic carbocycles. The van der Waals surface area contributed by atoms with E-state index in [1.165, 1.54) is 42.2 Å². The molecule has 1 aliphatic heterocycles. The molecule has 0 amide bonds. The Morgan fingerprint density at radius 1 is 1.22 bits per heavy atom. The van der Waals surface area contributed by atoms with Gasteiger partial charge in [0.05, 0.1) is 41.8 Å². The third-order valence-electron chi connectivity index (χ3n) is 6.53. The van der Waals surface area contributed by atoms with E-state index in [0.29, 0.717) is 39.8 Å². The Kier molecular flexibility index (Phi) is 6.43. The number of oxazole rings is 1. The zero-order valence-corrected chi connectivity index (χ0v) is 20.9. The highest BCUT2D eigenvalue weighted by molar-refractivity contribution is 7.22. The quantitative estimate of drug-likeness (QED) is 0.344. The van der Waals surface area contributed by atoms with Crippen molar-refractivity contribution >= 4 is 21.6 Å². The van der Waals surface area contributed by atoms with E-state index in [1.807, 2.05) is 30.3 Å². The highest BCUT2D eigenvalue weighted by atomic mass is 32.1. The Hall–Kier alpha value is -3.09. The molecule has 0 saturated carbocycles. The van der Waals surface area contributed by atoms with Gasteiger partial charge in [0.15, 0.2) is 6.29 Å². The summed E-state index contributed by atoms with van der Waals surface area (Å²) in [5.41, 5.74) is -1.41. The van der Waals surface area contributed by atoms with Crippen molar-refractivity contribution < 1.29 is 24.1 Å². The van der Waals surface area contributed by atoms with Gasteiger partial charge >= 0.3 is 5.69 Å². The molecule has 11 heteroatoms. The molecule has 3 aromatic heterocycles. The highest BCUT2D eigenvalue weighted by Crippen LogP contribution is 2.36. The fourth-order valence-corrected chi connectivity index (χ4v) is 5.50. The van der Waals surface area contributed by atoms with Crippen LogP contribution in [-0.2, 0) is 21.6 Å². The molecule has 1 atom stereocenters. The van der Waals surface area contributed by atoms with Crippen molar-refractivity contribution in [3.63, 3.8) is 0 Å². The first kappa shape index (κ1) is 24.6. The van der Waals surface area contributed by atoms with Crippen LogP contribution < -0.4 is 11.2 Å². The number of aliphatic hydroxyl groups excluding tert-OH is 1. The first-order valence-electron chi connectivity index (χ1n) is 11.5. The summed E-state index contributed by atoms with van der Waals surface area (Å²) in [4.78, 5) is 32.8. The Bertz CT molecular complexity index is 1480. The van der Waals surface area contributed by atoms with E-state index < -0.39 is 29.2 Å². The molecule has 0 radical (unpaired) electrons. The number of aromatic nitrogens is 3. The fourth-order valence-electron chi connectivity index (χ4n) is 4.26. The number of thiophene rings is 1. The number of nitrogens with zero attached hydrogens (tertiary/aromatic N) is 3. The van der Waals surface area contributed by atoms with E-state index in [2.05, 4.69) is 4.98 Å². The lowest BCUT2D eigenvalue weighted by atomic mass is 10.0. The molecule has 1 saturated heterocycles. The number of aryl methyl sites for hydroxylation is 1. The summed E-state index contributed by atoms with van der Waals surface area (Å²) in [6, 6.07) is 9.52. The summed E-state index contributed by atoms with van der Waals surface area (Å²) in [5.74, 6) is 0.336. The van der Waals surface area contributed by atoms with Gasteiger partial charge in [0.25, 0.3) is 5.56 Å². The molecule has 10 nitrogen and oxygen atoms in total. The molecule has 2 N–H and O–H groups in total. The summed E-state index contributed by atoms with van der Waals surface area (Å²) in [6.45, 7) is 5.65. The molecule has 4 heterocycles. The van der Waals surface area contributed by atoms with Gasteiger partial charge in [-0.3, -0.25) is 9.36 Å². The fraction of sp³-hybridized carbons (Fsp3) is 0.400. The van der Waals surface area contributed by atoms with Crippen molar-refractivity contribution in [1.82, 2.24) is 14.1 Å². The van der Waals surface area contributed by atoms with Gasteiger partial charge < -0.3 is 24.1 Å². The zero-order valence-electron chi connectivity index (χ0n) is 20.1. The van der Waals surface area contributed by atoms with Crippen molar-refractivity contribution in [1.29, 1.82) is 0 Å². The molecule has 0 spiro atoms. The van der Waals surface area contributed by atoms with Crippen LogP contribution in [0.2, 0.25) is 0 Å². The second-order valence-corrected chi connectivity index (χ2v) is 10.3. The van der Waals surface area contributed by atoms with E-state index in [0.717, 1.165) is 10.1 Å². The number of ether oxygens (including phenoxy) is 2. The lowest BCUT2D eigenvalue weighted by Crippen LogP contribution is -2.54. The summed E-state index contributed by atoms with van der Waals surface area (Å²) in [7, 11) is 0. The monoisotopic (exact) mass is 513 g/mol. The van der Waals surface area contributed by atoms with Gasteiger partial charge in [-0.1, -0.05) is 30.3 Å². The predicted molar refractivity (Wildman–Crippen MR) is 133 cm³/mol. The molecule has 5 rings (SSSR count). The summed E-state index contributed by atoms with van der Waals surface area (Å²) in [5, 5.41) is 20.4. The first-order valence-corrected chi connectivity index (χ1v) is 12.4. The normalized spacial score (nSPS) is 15.5. The average Bonchev–Trinajstić information content (AvgIpc) is 3.46. The largest absolute Gasteiger partial charge is 0.444 e. The number of rotatable bonds is 8. The Labute approximate surface area is 210 Å². The maximum Gasteiger partial charge on any atom is 0.332 e.